The number of carbonyl (C=O) groups is 1. The lowest BCUT2D eigenvalue weighted by molar-refractivity contribution is -0.110. The van der Waals surface area contributed by atoms with Crippen LogP contribution in [0.5, 0.6) is 5.75 Å². The smallest absolute Gasteiger partial charge is 0.256 e. The van der Waals surface area contributed by atoms with Crippen molar-refractivity contribution in [1.29, 1.82) is 0 Å². The van der Waals surface area contributed by atoms with Gasteiger partial charge >= 0.3 is 0 Å². The number of ether oxygens (including phenoxy) is 1. The molecule has 26 heavy (non-hydrogen) atoms. The highest BCUT2D eigenvalue weighted by Gasteiger charge is 2.24. The lowest BCUT2D eigenvalue weighted by Crippen LogP contribution is -2.03. The number of benzene rings is 2. The molecule has 0 atom stereocenters. The van der Waals surface area contributed by atoms with Gasteiger partial charge in [0.1, 0.15) is 12.4 Å². The van der Waals surface area contributed by atoms with Gasteiger partial charge in [0.05, 0.1) is 5.69 Å². The molecule has 1 amide bonds. The summed E-state index contributed by atoms with van der Waals surface area (Å²) in [6, 6.07) is 18.7. The maximum Gasteiger partial charge on any atom is 0.256 e. The average molecular weight is 363 g/mol. The summed E-state index contributed by atoms with van der Waals surface area (Å²) in [5.74, 6) is 0.580. The number of rotatable bonds is 4. The quantitative estimate of drug-likeness (QED) is 0.678. The maximum absolute atomic E-state index is 12.3. The summed E-state index contributed by atoms with van der Waals surface area (Å²) in [4.78, 5) is 16.5. The second-order valence-electron chi connectivity index (χ2n) is 5.88. The molecule has 1 aliphatic heterocycles. The molecule has 3 aromatic rings. The van der Waals surface area contributed by atoms with E-state index in [0.29, 0.717) is 17.2 Å². The first-order valence-electron chi connectivity index (χ1n) is 8.15. The molecule has 0 unspecified atom stereocenters. The monoisotopic (exact) mass is 362 g/mol. The Morgan fingerprint density at radius 3 is 2.85 bits per heavy atom. The molecule has 0 saturated heterocycles. The Labute approximate surface area is 156 Å². The lowest BCUT2D eigenvalue weighted by Gasteiger charge is -2.07. The molecule has 4 nitrogen and oxygen atoms in total. The van der Waals surface area contributed by atoms with E-state index in [1.807, 2.05) is 54.6 Å². The van der Waals surface area contributed by atoms with Crippen LogP contribution in [-0.2, 0) is 11.4 Å². The van der Waals surface area contributed by atoms with E-state index >= 15 is 0 Å². The predicted octanol–water partition coefficient (Wildman–Crippen LogP) is 4.81. The molecule has 0 radical (unpaired) electrons. The van der Waals surface area contributed by atoms with E-state index in [1.54, 1.807) is 18.3 Å². The minimum atomic E-state index is -0.137. The van der Waals surface area contributed by atoms with Crippen molar-refractivity contribution in [2.75, 3.05) is 5.32 Å². The SMILES string of the molecule is O=C1Nc2ccc(Cl)cc2/C1=C/c1cccc(OCc2ccccn2)c1. The second kappa shape index (κ2) is 7.02. The third-order valence-corrected chi connectivity index (χ3v) is 4.28. The van der Waals surface area contributed by atoms with Crippen LogP contribution in [0.2, 0.25) is 5.02 Å². The molecule has 1 N–H and O–H groups in total. The van der Waals surface area contributed by atoms with E-state index in [-0.39, 0.29) is 5.91 Å². The third-order valence-electron chi connectivity index (χ3n) is 4.05. The first kappa shape index (κ1) is 16.4. The van der Waals surface area contributed by atoms with E-state index in [1.165, 1.54) is 0 Å². The third kappa shape index (κ3) is 3.46. The van der Waals surface area contributed by atoms with Crippen LogP contribution in [0, 0.1) is 0 Å². The zero-order chi connectivity index (χ0) is 17.9. The number of aromatic nitrogens is 1. The van der Waals surface area contributed by atoms with Gasteiger partial charge in [-0.2, -0.15) is 0 Å². The molecular formula is C21H15ClN2O2. The summed E-state index contributed by atoms with van der Waals surface area (Å²) in [5.41, 5.74) is 3.90. The average Bonchev–Trinajstić information content (AvgIpc) is 2.96. The van der Waals surface area contributed by atoms with Crippen molar-refractivity contribution in [2.24, 2.45) is 0 Å². The van der Waals surface area contributed by atoms with Crippen molar-refractivity contribution in [3.05, 3.63) is 88.7 Å². The van der Waals surface area contributed by atoms with Crippen LogP contribution < -0.4 is 10.1 Å². The minimum absolute atomic E-state index is 0.137. The number of fused-ring (bicyclic) bond motifs is 1. The summed E-state index contributed by atoms with van der Waals surface area (Å²) in [5, 5.41) is 3.45. The van der Waals surface area contributed by atoms with Gasteiger partial charge in [-0.15, -0.1) is 0 Å². The topological polar surface area (TPSA) is 51.2 Å². The Kier molecular flexibility index (Phi) is 4.42. The van der Waals surface area contributed by atoms with Crippen LogP contribution in [0.1, 0.15) is 16.8 Å². The van der Waals surface area contributed by atoms with E-state index in [4.69, 9.17) is 16.3 Å². The van der Waals surface area contributed by atoms with Gasteiger partial charge in [-0.05, 0) is 54.1 Å². The summed E-state index contributed by atoms with van der Waals surface area (Å²) in [7, 11) is 0. The highest BCUT2D eigenvalue weighted by atomic mass is 35.5. The standard InChI is InChI=1S/C21H15ClN2O2/c22-15-7-8-20-18(12-15)19(21(25)24-20)11-14-4-3-6-17(10-14)26-13-16-5-1-2-9-23-16/h1-12H,13H2,(H,24,25)/b19-11-. The van der Waals surface area contributed by atoms with E-state index in [2.05, 4.69) is 10.3 Å². The zero-order valence-electron chi connectivity index (χ0n) is 13.8. The van der Waals surface area contributed by atoms with Crippen LogP contribution in [0.4, 0.5) is 5.69 Å². The van der Waals surface area contributed by atoms with Crippen LogP contribution >= 0.6 is 11.6 Å². The minimum Gasteiger partial charge on any atom is -0.487 e. The van der Waals surface area contributed by atoms with Crippen LogP contribution in [-0.4, -0.2) is 10.9 Å². The fraction of sp³-hybridized carbons (Fsp3) is 0.0476. The molecule has 0 aliphatic carbocycles. The Hall–Kier alpha value is -3.11. The molecular weight excluding hydrogens is 348 g/mol. The number of hydrogen-bond acceptors (Lipinski definition) is 3. The highest BCUT2D eigenvalue weighted by molar-refractivity contribution is 6.36. The molecule has 1 aliphatic rings. The number of nitrogens with one attached hydrogen (secondary N) is 1. The van der Waals surface area contributed by atoms with Crippen LogP contribution in [0.15, 0.2) is 66.9 Å². The first-order valence-corrected chi connectivity index (χ1v) is 8.52. The van der Waals surface area contributed by atoms with Crippen LogP contribution in [0.25, 0.3) is 11.6 Å². The summed E-state index contributed by atoms with van der Waals surface area (Å²) in [6.45, 7) is 0.389. The molecule has 0 bridgehead atoms. The fourth-order valence-corrected chi connectivity index (χ4v) is 2.98. The number of carbonyl (C=O) groups excluding carboxylic acids is 1. The molecule has 5 heteroatoms. The lowest BCUT2D eigenvalue weighted by atomic mass is 10.0. The number of halogens is 1. The van der Waals surface area contributed by atoms with Crippen molar-refractivity contribution in [3.8, 4) is 5.75 Å². The fourth-order valence-electron chi connectivity index (χ4n) is 2.81. The van der Waals surface area contributed by atoms with Crippen molar-refractivity contribution >= 4 is 34.8 Å². The largest absolute Gasteiger partial charge is 0.487 e. The van der Waals surface area contributed by atoms with Gasteiger partial charge in [-0.25, -0.2) is 0 Å². The van der Waals surface area contributed by atoms with E-state index in [0.717, 1.165) is 28.3 Å². The van der Waals surface area contributed by atoms with E-state index < -0.39 is 0 Å². The molecule has 128 valence electrons. The predicted molar refractivity (Wildman–Crippen MR) is 103 cm³/mol. The summed E-state index contributed by atoms with van der Waals surface area (Å²) >= 11 is 6.07. The maximum atomic E-state index is 12.3. The van der Waals surface area contributed by atoms with Gasteiger partial charge in [-0.1, -0.05) is 29.8 Å². The number of nitrogens with zero attached hydrogens (tertiary/aromatic N) is 1. The second-order valence-corrected chi connectivity index (χ2v) is 6.32. The molecule has 0 spiro atoms. The molecule has 2 heterocycles. The Bertz CT molecular complexity index is 1000. The Morgan fingerprint density at radius 2 is 2.00 bits per heavy atom. The van der Waals surface area contributed by atoms with Crippen molar-refractivity contribution < 1.29 is 9.53 Å². The number of anilines is 1. The van der Waals surface area contributed by atoms with Crippen LogP contribution in [0.3, 0.4) is 0 Å². The van der Waals surface area contributed by atoms with Gasteiger partial charge in [0.2, 0.25) is 0 Å². The molecule has 2 aromatic carbocycles. The van der Waals surface area contributed by atoms with Gasteiger partial charge in [0.25, 0.3) is 5.91 Å². The number of pyridine rings is 1. The summed E-state index contributed by atoms with van der Waals surface area (Å²) in [6.07, 6.45) is 3.58. The normalized spacial score (nSPS) is 14.2. The molecule has 0 fully saturated rings. The zero-order valence-corrected chi connectivity index (χ0v) is 14.5. The molecule has 1 aromatic heterocycles. The van der Waals surface area contributed by atoms with Crippen molar-refractivity contribution in [3.63, 3.8) is 0 Å². The van der Waals surface area contributed by atoms with Gasteiger partial charge in [0, 0.05) is 28.0 Å². The van der Waals surface area contributed by atoms with Gasteiger partial charge in [-0.3, -0.25) is 9.78 Å². The molecule has 4 rings (SSSR count). The molecule has 0 saturated carbocycles. The Balaban J connectivity index is 1.58. The van der Waals surface area contributed by atoms with Crippen molar-refractivity contribution in [1.82, 2.24) is 4.98 Å². The van der Waals surface area contributed by atoms with Crippen molar-refractivity contribution in [2.45, 2.75) is 6.61 Å². The van der Waals surface area contributed by atoms with E-state index in [9.17, 15) is 4.79 Å². The van der Waals surface area contributed by atoms with Gasteiger partial charge in [0.15, 0.2) is 0 Å². The number of amides is 1. The number of hydrogen-bond donors (Lipinski definition) is 1. The summed E-state index contributed by atoms with van der Waals surface area (Å²) < 4.78 is 5.80. The van der Waals surface area contributed by atoms with Gasteiger partial charge < -0.3 is 10.1 Å². The first-order chi connectivity index (χ1) is 12.7. The highest BCUT2D eigenvalue weighted by Crippen LogP contribution is 2.35. The Morgan fingerprint density at radius 1 is 1.08 bits per heavy atom.